The monoisotopic (exact) mass is 424 g/mol. The van der Waals surface area contributed by atoms with Crippen LogP contribution in [0.2, 0.25) is 5.02 Å². The second kappa shape index (κ2) is 9.09. The molecule has 2 aromatic heterocycles. The lowest BCUT2D eigenvalue weighted by Gasteiger charge is -2.11. The first-order valence-corrected chi connectivity index (χ1v) is 10.1. The lowest BCUT2D eigenvalue weighted by Crippen LogP contribution is -2.11. The van der Waals surface area contributed by atoms with Crippen molar-refractivity contribution in [1.29, 1.82) is 0 Å². The van der Waals surface area contributed by atoms with Crippen molar-refractivity contribution in [3.05, 3.63) is 81.7 Å². The largest absolute Gasteiger partial charge is 0.494 e. The normalized spacial score (nSPS) is 11.0. The molecule has 0 aliphatic rings. The number of rotatable bonds is 8. The maximum absolute atomic E-state index is 13.0. The first-order chi connectivity index (χ1) is 14.6. The van der Waals surface area contributed by atoms with E-state index in [9.17, 15) is 4.79 Å². The van der Waals surface area contributed by atoms with Crippen LogP contribution in [0.3, 0.4) is 0 Å². The lowest BCUT2D eigenvalue weighted by atomic mass is 10.2. The molecule has 0 unspecified atom stereocenters. The average molecular weight is 425 g/mol. The maximum Gasteiger partial charge on any atom is 0.235 e. The second-order valence-corrected chi connectivity index (χ2v) is 7.36. The smallest absolute Gasteiger partial charge is 0.235 e. The van der Waals surface area contributed by atoms with E-state index in [4.69, 9.17) is 29.9 Å². The molecule has 0 bridgehead atoms. The van der Waals surface area contributed by atoms with Gasteiger partial charge in [-0.25, -0.2) is 0 Å². The summed E-state index contributed by atoms with van der Waals surface area (Å²) >= 11 is 6.05. The summed E-state index contributed by atoms with van der Waals surface area (Å²) in [5.74, 6) is 1.67. The Hall–Kier alpha value is -3.18. The van der Waals surface area contributed by atoms with E-state index in [0.29, 0.717) is 35.0 Å². The third kappa shape index (κ3) is 4.52. The van der Waals surface area contributed by atoms with Crippen LogP contribution < -0.4 is 14.9 Å². The minimum absolute atomic E-state index is 0.124. The summed E-state index contributed by atoms with van der Waals surface area (Å²) in [4.78, 5) is 13.0. The van der Waals surface area contributed by atoms with Gasteiger partial charge in [0.2, 0.25) is 16.9 Å². The van der Waals surface area contributed by atoms with Gasteiger partial charge in [-0.3, -0.25) is 4.79 Å². The van der Waals surface area contributed by atoms with Gasteiger partial charge in [-0.1, -0.05) is 29.3 Å². The Labute approximate surface area is 178 Å². The van der Waals surface area contributed by atoms with Crippen LogP contribution in [0.25, 0.3) is 22.5 Å². The van der Waals surface area contributed by atoms with E-state index >= 15 is 0 Å². The van der Waals surface area contributed by atoms with Crippen molar-refractivity contribution in [2.45, 2.75) is 19.8 Å². The van der Waals surface area contributed by atoms with Gasteiger partial charge in [-0.2, -0.15) is 0 Å². The highest BCUT2D eigenvalue weighted by Gasteiger charge is 2.19. The van der Waals surface area contributed by atoms with E-state index in [2.05, 4.69) is 0 Å². The van der Waals surface area contributed by atoms with Gasteiger partial charge in [0, 0.05) is 5.02 Å². The van der Waals surface area contributed by atoms with Crippen LogP contribution >= 0.6 is 11.6 Å². The van der Waals surface area contributed by atoms with Crippen molar-refractivity contribution < 1.29 is 18.3 Å². The van der Waals surface area contributed by atoms with E-state index in [1.807, 2.05) is 31.2 Å². The van der Waals surface area contributed by atoms with Gasteiger partial charge in [-0.15, -0.1) is 0 Å². The predicted molar refractivity (Wildman–Crippen MR) is 117 cm³/mol. The molecule has 4 rings (SSSR count). The number of furan rings is 1. The summed E-state index contributed by atoms with van der Waals surface area (Å²) in [5, 5.41) is 0.829. The molecular weight excluding hydrogens is 404 g/mol. The summed E-state index contributed by atoms with van der Waals surface area (Å²) < 4.78 is 22.9. The highest BCUT2D eigenvalue weighted by atomic mass is 35.5. The molecule has 0 N–H and O–H groups in total. The van der Waals surface area contributed by atoms with Gasteiger partial charge >= 0.3 is 0 Å². The SMILES string of the molecule is Cc1ccc(OCCCCOc2c(-c3ccco3)oc3ccc(Cl)cc3c2=O)cc1. The van der Waals surface area contributed by atoms with E-state index in [-0.39, 0.29) is 16.9 Å². The number of aryl methyl sites for hydroxylation is 1. The molecule has 6 heteroatoms. The van der Waals surface area contributed by atoms with Crippen molar-refractivity contribution in [2.75, 3.05) is 13.2 Å². The summed E-state index contributed by atoms with van der Waals surface area (Å²) in [6.45, 7) is 2.95. The zero-order valence-corrected chi connectivity index (χ0v) is 17.3. The maximum atomic E-state index is 13.0. The minimum Gasteiger partial charge on any atom is -0.494 e. The fourth-order valence-corrected chi connectivity index (χ4v) is 3.23. The van der Waals surface area contributed by atoms with Gasteiger partial charge in [0.15, 0.2) is 5.76 Å². The molecule has 0 fully saturated rings. The van der Waals surface area contributed by atoms with Gasteiger partial charge in [0.1, 0.15) is 11.3 Å². The lowest BCUT2D eigenvalue weighted by molar-refractivity contribution is 0.262. The second-order valence-electron chi connectivity index (χ2n) is 6.92. The van der Waals surface area contributed by atoms with Crippen LogP contribution in [0.15, 0.2) is 74.5 Å². The molecule has 0 saturated carbocycles. The van der Waals surface area contributed by atoms with Crippen LogP contribution in [0.4, 0.5) is 0 Å². The Kier molecular flexibility index (Phi) is 6.10. The highest BCUT2D eigenvalue weighted by Crippen LogP contribution is 2.32. The number of hydrogen-bond donors (Lipinski definition) is 0. The van der Waals surface area contributed by atoms with E-state index in [1.165, 1.54) is 11.8 Å². The Morgan fingerprint density at radius 2 is 1.73 bits per heavy atom. The first-order valence-electron chi connectivity index (χ1n) is 9.74. The van der Waals surface area contributed by atoms with Crippen LogP contribution in [-0.2, 0) is 0 Å². The Bertz CT molecular complexity index is 1180. The van der Waals surface area contributed by atoms with Gasteiger partial charge in [-0.05, 0) is 62.2 Å². The van der Waals surface area contributed by atoms with E-state index in [0.717, 1.165) is 18.6 Å². The summed E-state index contributed by atoms with van der Waals surface area (Å²) in [7, 11) is 0. The zero-order valence-electron chi connectivity index (χ0n) is 16.5. The molecule has 154 valence electrons. The fourth-order valence-electron chi connectivity index (χ4n) is 3.05. The van der Waals surface area contributed by atoms with E-state index < -0.39 is 0 Å². The Morgan fingerprint density at radius 1 is 0.967 bits per heavy atom. The van der Waals surface area contributed by atoms with E-state index in [1.54, 1.807) is 30.3 Å². The quantitative estimate of drug-likeness (QED) is 0.313. The summed E-state index contributed by atoms with van der Waals surface area (Å²) in [5.41, 5.74) is 1.34. The third-order valence-electron chi connectivity index (χ3n) is 4.63. The van der Waals surface area contributed by atoms with Crippen molar-refractivity contribution in [3.63, 3.8) is 0 Å². The molecule has 0 aliphatic heterocycles. The van der Waals surface area contributed by atoms with Crippen molar-refractivity contribution >= 4 is 22.6 Å². The molecule has 0 amide bonds. The summed E-state index contributed by atoms with van der Waals surface area (Å²) in [6, 6.07) is 16.3. The molecule has 2 aromatic carbocycles. The number of benzene rings is 2. The Balaban J connectivity index is 1.45. The third-order valence-corrected chi connectivity index (χ3v) is 4.87. The molecule has 0 spiro atoms. The topological polar surface area (TPSA) is 61.8 Å². The average Bonchev–Trinajstić information content (AvgIpc) is 3.28. The molecule has 0 radical (unpaired) electrons. The molecule has 0 aliphatic carbocycles. The molecule has 4 aromatic rings. The van der Waals surface area contributed by atoms with Gasteiger partial charge < -0.3 is 18.3 Å². The summed E-state index contributed by atoms with van der Waals surface area (Å²) in [6.07, 6.45) is 3.03. The fraction of sp³-hybridized carbons (Fsp3) is 0.208. The molecule has 0 atom stereocenters. The number of fused-ring (bicyclic) bond motifs is 1. The molecule has 5 nitrogen and oxygen atoms in total. The van der Waals surface area contributed by atoms with Crippen molar-refractivity contribution in [2.24, 2.45) is 0 Å². The molecular formula is C24H21ClO5. The van der Waals surface area contributed by atoms with Crippen LogP contribution in [0.5, 0.6) is 11.5 Å². The number of hydrogen-bond acceptors (Lipinski definition) is 5. The number of unbranched alkanes of at least 4 members (excludes halogenated alkanes) is 1. The van der Waals surface area contributed by atoms with Gasteiger partial charge in [0.05, 0.1) is 24.9 Å². The van der Waals surface area contributed by atoms with Gasteiger partial charge in [0.25, 0.3) is 0 Å². The Morgan fingerprint density at radius 3 is 2.47 bits per heavy atom. The van der Waals surface area contributed by atoms with Crippen LogP contribution in [-0.4, -0.2) is 13.2 Å². The standard InChI is InChI=1S/C24H21ClO5/c1-16-6-9-18(10-7-16)27-12-2-3-13-29-24-22(26)19-15-17(25)8-11-20(19)30-23(24)21-5-4-14-28-21/h4-11,14-15H,2-3,12-13H2,1H3. The number of ether oxygens (including phenoxy) is 2. The minimum atomic E-state index is -0.277. The van der Waals surface area contributed by atoms with Crippen molar-refractivity contribution in [3.8, 4) is 23.0 Å². The molecule has 30 heavy (non-hydrogen) atoms. The first kappa shape index (κ1) is 20.1. The molecule has 2 heterocycles. The zero-order chi connectivity index (χ0) is 20.9. The molecule has 0 saturated heterocycles. The highest BCUT2D eigenvalue weighted by molar-refractivity contribution is 6.31. The van der Waals surface area contributed by atoms with Crippen LogP contribution in [0.1, 0.15) is 18.4 Å². The van der Waals surface area contributed by atoms with Crippen LogP contribution in [0, 0.1) is 6.92 Å². The predicted octanol–water partition coefficient (Wildman–Crippen LogP) is 6.25. The van der Waals surface area contributed by atoms with Crippen molar-refractivity contribution in [1.82, 2.24) is 0 Å². The number of halogens is 1.